The van der Waals surface area contributed by atoms with Crippen LogP contribution in [-0.2, 0) is 4.79 Å². The topological polar surface area (TPSA) is 75.4 Å². The van der Waals surface area contributed by atoms with E-state index in [1.165, 1.54) is 18.0 Å². The maximum atomic E-state index is 11.8. The predicted octanol–water partition coefficient (Wildman–Crippen LogP) is 2.68. The van der Waals surface area contributed by atoms with Crippen LogP contribution in [0.25, 0.3) is 5.65 Å². The Hall–Kier alpha value is -3.22. The van der Waals surface area contributed by atoms with Crippen LogP contribution >= 0.6 is 0 Å². The van der Waals surface area contributed by atoms with Crippen LogP contribution in [0.15, 0.2) is 49.4 Å². The minimum absolute atomic E-state index is 0.0349. The standard InChI is InChI=1S/C19H20N6O/c1-3-17(26)24-9-8-14(10-24)16-11-25-19(20-12-21-25)18(23-16)22-15-6-4-13(2)5-7-15/h3-7,11-12,14H,1,8-10H2,2H3,(H,22,23). The van der Waals surface area contributed by atoms with E-state index in [1.807, 2.05) is 30.5 Å². The van der Waals surface area contributed by atoms with Crippen molar-refractivity contribution in [2.24, 2.45) is 0 Å². The third-order valence-corrected chi connectivity index (χ3v) is 4.69. The molecule has 3 heterocycles. The molecule has 4 rings (SSSR count). The van der Waals surface area contributed by atoms with Crippen molar-refractivity contribution in [3.63, 3.8) is 0 Å². The van der Waals surface area contributed by atoms with E-state index in [1.54, 1.807) is 9.42 Å². The molecule has 2 aromatic heterocycles. The van der Waals surface area contributed by atoms with Gasteiger partial charge < -0.3 is 10.2 Å². The quantitative estimate of drug-likeness (QED) is 0.734. The van der Waals surface area contributed by atoms with Crippen molar-refractivity contribution in [3.8, 4) is 0 Å². The van der Waals surface area contributed by atoms with Gasteiger partial charge in [-0.05, 0) is 31.6 Å². The number of carbonyl (C=O) groups excluding carboxylic acids is 1. The number of likely N-dealkylation sites (tertiary alicyclic amines) is 1. The molecule has 0 bridgehead atoms. The first kappa shape index (κ1) is 16.3. The summed E-state index contributed by atoms with van der Waals surface area (Å²) in [7, 11) is 0. The maximum absolute atomic E-state index is 11.8. The highest BCUT2D eigenvalue weighted by Gasteiger charge is 2.28. The van der Waals surface area contributed by atoms with Gasteiger partial charge in [0.1, 0.15) is 6.33 Å². The van der Waals surface area contributed by atoms with Gasteiger partial charge >= 0.3 is 0 Å². The number of fused-ring (bicyclic) bond motifs is 1. The second-order valence-corrected chi connectivity index (χ2v) is 6.51. The molecule has 1 atom stereocenters. The van der Waals surface area contributed by atoms with Gasteiger partial charge in [0.15, 0.2) is 11.5 Å². The van der Waals surface area contributed by atoms with Gasteiger partial charge in [-0.15, -0.1) is 0 Å². The molecule has 1 N–H and O–H groups in total. The fourth-order valence-electron chi connectivity index (χ4n) is 3.23. The number of rotatable bonds is 4. The van der Waals surface area contributed by atoms with Gasteiger partial charge in [0.25, 0.3) is 0 Å². The monoisotopic (exact) mass is 348 g/mol. The smallest absolute Gasteiger partial charge is 0.245 e. The average molecular weight is 348 g/mol. The van der Waals surface area contributed by atoms with E-state index in [9.17, 15) is 4.79 Å². The van der Waals surface area contributed by atoms with Crippen molar-refractivity contribution in [1.29, 1.82) is 0 Å². The molecular weight excluding hydrogens is 328 g/mol. The van der Waals surface area contributed by atoms with Crippen LogP contribution in [0.4, 0.5) is 11.5 Å². The zero-order chi connectivity index (χ0) is 18.1. The van der Waals surface area contributed by atoms with Crippen LogP contribution in [0.1, 0.15) is 23.6 Å². The van der Waals surface area contributed by atoms with Gasteiger partial charge in [-0.1, -0.05) is 24.3 Å². The van der Waals surface area contributed by atoms with Gasteiger partial charge in [-0.3, -0.25) is 4.79 Å². The third kappa shape index (κ3) is 3.03. The maximum Gasteiger partial charge on any atom is 0.245 e. The molecule has 7 heteroatoms. The summed E-state index contributed by atoms with van der Waals surface area (Å²) in [5.41, 5.74) is 3.71. The summed E-state index contributed by atoms with van der Waals surface area (Å²) < 4.78 is 1.73. The Morgan fingerprint density at radius 2 is 2.15 bits per heavy atom. The molecule has 0 saturated carbocycles. The lowest BCUT2D eigenvalue weighted by atomic mass is 10.1. The van der Waals surface area contributed by atoms with Crippen molar-refractivity contribution in [3.05, 3.63) is 60.7 Å². The summed E-state index contributed by atoms with van der Waals surface area (Å²) >= 11 is 0. The second kappa shape index (κ2) is 6.59. The number of hydrogen-bond donors (Lipinski definition) is 1. The van der Waals surface area contributed by atoms with Crippen LogP contribution < -0.4 is 5.32 Å². The molecule has 0 radical (unpaired) electrons. The number of nitrogens with zero attached hydrogens (tertiary/aromatic N) is 5. The predicted molar refractivity (Wildman–Crippen MR) is 99.4 cm³/mol. The van der Waals surface area contributed by atoms with Gasteiger partial charge in [0.2, 0.25) is 5.91 Å². The van der Waals surface area contributed by atoms with E-state index in [-0.39, 0.29) is 11.8 Å². The number of aryl methyl sites for hydroxylation is 1. The first-order valence-electron chi connectivity index (χ1n) is 8.59. The van der Waals surface area contributed by atoms with Crippen LogP contribution in [0.5, 0.6) is 0 Å². The minimum atomic E-state index is -0.0349. The summed E-state index contributed by atoms with van der Waals surface area (Å²) in [6.07, 6.45) is 5.65. The van der Waals surface area contributed by atoms with Crippen molar-refractivity contribution >= 4 is 23.1 Å². The Morgan fingerprint density at radius 3 is 2.92 bits per heavy atom. The molecule has 132 valence electrons. The first-order chi connectivity index (χ1) is 12.6. The Kier molecular flexibility index (Phi) is 4.12. The number of benzene rings is 1. The lowest BCUT2D eigenvalue weighted by molar-refractivity contribution is -0.125. The van der Waals surface area contributed by atoms with Crippen molar-refractivity contribution in [2.45, 2.75) is 19.3 Å². The third-order valence-electron chi connectivity index (χ3n) is 4.69. The zero-order valence-electron chi connectivity index (χ0n) is 14.6. The molecule has 0 aliphatic carbocycles. The lowest BCUT2D eigenvalue weighted by Gasteiger charge is -2.15. The summed E-state index contributed by atoms with van der Waals surface area (Å²) in [4.78, 5) is 22.7. The summed E-state index contributed by atoms with van der Waals surface area (Å²) in [5.74, 6) is 0.802. The Labute approximate surface area is 151 Å². The van der Waals surface area contributed by atoms with Gasteiger partial charge in [0, 0.05) is 24.7 Å². The molecule has 3 aromatic rings. The molecule has 26 heavy (non-hydrogen) atoms. The summed E-state index contributed by atoms with van der Waals surface area (Å²) in [5, 5.41) is 7.60. The van der Waals surface area contributed by atoms with Gasteiger partial charge in [-0.25, -0.2) is 14.5 Å². The molecule has 1 amide bonds. The van der Waals surface area contributed by atoms with E-state index in [0.29, 0.717) is 24.6 Å². The average Bonchev–Trinajstić information content (AvgIpc) is 3.32. The molecule has 1 aliphatic rings. The molecule has 7 nitrogen and oxygen atoms in total. The van der Waals surface area contributed by atoms with Crippen LogP contribution in [0, 0.1) is 6.92 Å². The molecule has 1 saturated heterocycles. The van der Waals surface area contributed by atoms with Crippen LogP contribution in [-0.4, -0.2) is 43.5 Å². The molecule has 1 fully saturated rings. The number of nitrogens with one attached hydrogen (secondary N) is 1. The number of anilines is 2. The highest BCUT2D eigenvalue weighted by atomic mass is 16.2. The number of amides is 1. The summed E-state index contributed by atoms with van der Waals surface area (Å²) in [6, 6.07) is 8.11. The fraction of sp³-hybridized carbons (Fsp3) is 0.263. The minimum Gasteiger partial charge on any atom is -0.338 e. The number of carbonyl (C=O) groups is 1. The highest BCUT2D eigenvalue weighted by molar-refractivity contribution is 5.87. The fourth-order valence-corrected chi connectivity index (χ4v) is 3.23. The largest absolute Gasteiger partial charge is 0.338 e. The van der Waals surface area contributed by atoms with E-state index in [4.69, 9.17) is 4.98 Å². The molecular formula is C19H20N6O. The number of aromatic nitrogens is 4. The number of hydrogen-bond acceptors (Lipinski definition) is 5. The normalized spacial score (nSPS) is 16.8. The van der Waals surface area contributed by atoms with Crippen molar-refractivity contribution in [1.82, 2.24) is 24.5 Å². The second-order valence-electron chi connectivity index (χ2n) is 6.51. The van der Waals surface area contributed by atoms with Crippen molar-refractivity contribution < 1.29 is 4.79 Å². The van der Waals surface area contributed by atoms with E-state index < -0.39 is 0 Å². The molecule has 0 spiro atoms. The van der Waals surface area contributed by atoms with E-state index >= 15 is 0 Å². The summed E-state index contributed by atoms with van der Waals surface area (Å²) in [6.45, 7) is 6.97. The Balaban J connectivity index is 1.65. The Bertz CT molecular complexity index is 962. The first-order valence-corrected chi connectivity index (χ1v) is 8.59. The Morgan fingerprint density at radius 1 is 1.35 bits per heavy atom. The van der Waals surface area contributed by atoms with E-state index in [2.05, 4.69) is 28.9 Å². The van der Waals surface area contributed by atoms with Crippen LogP contribution in [0.3, 0.4) is 0 Å². The van der Waals surface area contributed by atoms with Gasteiger partial charge in [0.05, 0.1) is 11.9 Å². The van der Waals surface area contributed by atoms with Crippen molar-refractivity contribution in [2.75, 3.05) is 18.4 Å². The van der Waals surface area contributed by atoms with E-state index in [0.717, 1.165) is 17.8 Å². The van der Waals surface area contributed by atoms with Gasteiger partial charge in [-0.2, -0.15) is 5.10 Å². The highest BCUT2D eigenvalue weighted by Crippen LogP contribution is 2.28. The van der Waals surface area contributed by atoms with Crippen LogP contribution in [0.2, 0.25) is 0 Å². The SMILES string of the molecule is C=CC(=O)N1CCC(c2cn3ncnc3c(Nc3ccc(C)cc3)n2)C1. The lowest BCUT2D eigenvalue weighted by Crippen LogP contribution is -2.26. The molecule has 1 aliphatic heterocycles. The zero-order valence-corrected chi connectivity index (χ0v) is 14.6. The molecule has 1 aromatic carbocycles. The molecule has 1 unspecified atom stereocenters.